The molecule has 0 aliphatic carbocycles. The van der Waals surface area contributed by atoms with Gasteiger partial charge in [-0.15, -0.1) is 0 Å². The molecular formula is C27H57N. The molecule has 0 bridgehead atoms. The van der Waals surface area contributed by atoms with Gasteiger partial charge in [0.15, 0.2) is 0 Å². The van der Waals surface area contributed by atoms with Crippen molar-refractivity contribution in [2.75, 3.05) is 0 Å². The second kappa shape index (κ2) is 20.2. The fourth-order valence-electron chi connectivity index (χ4n) is 4.86. The Morgan fingerprint density at radius 2 is 0.857 bits per heavy atom. The molecule has 0 fully saturated rings. The van der Waals surface area contributed by atoms with Crippen molar-refractivity contribution in [1.29, 1.82) is 0 Å². The van der Waals surface area contributed by atoms with E-state index in [0.29, 0.717) is 11.5 Å². The van der Waals surface area contributed by atoms with Gasteiger partial charge in [0.05, 0.1) is 0 Å². The van der Waals surface area contributed by atoms with Gasteiger partial charge in [0.25, 0.3) is 0 Å². The molecule has 0 saturated carbocycles. The molecule has 0 aliphatic rings. The minimum atomic E-state index is 0.420. The zero-order valence-corrected chi connectivity index (χ0v) is 20.5. The van der Waals surface area contributed by atoms with Crippen LogP contribution in [0.2, 0.25) is 0 Å². The monoisotopic (exact) mass is 395 g/mol. The molecule has 0 radical (unpaired) electrons. The molecule has 0 aromatic rings. The predicted octanol–water partition coefficient (Wildman–Crippen LogP) is 9.57. The van der Waals surface area contributed by atoms with Crippen LogP contribution in [0.3, 0.4) is 0 Å². The molecule has 2 N–H and O–H groups in total. The van der Waals surface area contributed by atoms with Crippen LogP contribution in [0.5, 0.6) is 0 Å². The molecule has 1 nitrogen and oxygen atoms in total. The second-order valence-corrected chi connectivity index (χ2v) is 9.56. The first-order valence-corrected chi connectivity index (χ1v) is 13.4. The highest BCUT2D eigenvalue weighted by atomic mass is 14.7. The third-order valence-corrected chi connectivity index (χ3v) is 7.17. The average Bonchev–Trinajstić information content (AvgIpc) is 2.71. The maximum atomic E-state index is 6.78. The van der Waals surface area contributed by atoms with Crippen molar-refractivity contribution in [1.82, 2.24) is 0 Å². The van der Waals surface area contributed by atoms with Crippen LogP contribution in [0.4, 0.5) is 0 Å². The summed E-state index contributed by atoms with van der Waals surface area (Å²) in [6, 6.07) is 0.420. The number of hydrogen-bond acceptors (Lipinski definition) is 1. The van der Waals surface area contributed by atoms with E-state index in [1.165, 1.54) is 135 Å². The van der Waals surface area contributed by atoms with Crippen LogP contribution in [-0.2, 0) is 0 Å². The van der Waals surface area contributed by atoms with E-state index in [1.54, 1.807) is 0 Å². The van der Waals surface area contributed by atoms with E-state index in [4.69, 9.17) is 5.73 Å². The number of nitrogens with two attached hydrogens (primary N) is 1. The van der Waals surface area contributed by atoms with Gasteiger partial charge in [-0.25, -0.2) is 0 Å². The van der Waals surface area contributed by atoms with Crippen LogP contribution in [-0.4, -0.2) is 6.04 Å². The second-order valence-electron chi connectivity index (χ2n) is 9.56. The molecule has 0 spiro atoms. The summed E-state index contributed by atoms with van der Waals surface area (Å²) < 4.78 is 0. The Hall–Kier alpha value is -0.0400. The minimum absolute atomic E-state index is 0.420. The van der Waals surface area contributed by atoms with Crippen molar-refractivity contribution in [3.8, 4) is 0 Å². The van der Waals surface area contributed by atoms with Gasteiger partial charge in [-0.2, -0.15) is 0 Å². The van der Waals surface area contributed by atoms with E-state index in [-0.39, 0.29) is 0 Å². The largest absolute Gasteiger partial charge is 0.327 e. The quantitative estimate of drug-likeness (QED) is 0.181. The summed E-state index contributed by atoms with van der Waals surface area (Å²) in [7, 11) is 0. The van der Waals surface area contributed by atoms with Crippen LogP contribution in [0.25, 0.3) is 0 Å². The molecule has 1 unspecified atom stereocenters. The van der Waals surface area contributed by atoms with Gasteiger partial charge >= 0.3 is 0 Å². The molecular weight excluding hydrogens is 338 g/mol. The van der Waals surface area contributed by atoms with Gasteiger partial charge in [-0.05, 0) is 31.1 Å². The molecule has 0 saturated heterocycles. The summed E-state index contributed by atoms with van der Waals surface area (Å²) in [6.07, 6.45) is 29.1. The molecule has 0 amide bonds. The van der Waals surface area contributed by atoms with E-state index < -0.39 is 0 Å². The fraction of sp³-hybridized carbons (Fsp3) is 1.00. The highest BCUT2D eigenvalue weighted by molar-refractivity contribution is 4.88. The maximum absolute atomic E-state index is 6.78. The first-order chi connectivity index (χ1) is 13.7. The van der Waals surface area contributed by atoms with Crippen LogP contribution in [0.1, 0.15) is 163 Å². The van der Waals surface area contributed by atoms with Crippen LogP contribution in [0.15, 0.2) is 0 Å². The lowest BCUT2D eigenvalue weighted by Crippen LogP contribution is -2.41. The normalized spacial score (nSPS) is 13.2. The summed E-state index contributed by atoms with van der Waals surface area (Å²) in [4.78, 5) is 0. The molecule has 1 atom stereocenters. The minimum Gasteiger partial charge on any atom is -0.327 e. The third-order valence-electron chi connectivity index (χ3n) is 7.17. The van der Waals surface area contributed by atoms with Crippen LogP contribution >= 0.6 is 0 Å². The summed E-state index contributed by atoms with van der Waals surface area (Å²) in [5.41, 5.74) is 7.20. The van der Waals surface area contributed by atoms with Gasteiger partial charge in [-0.3, -0.25) is 0 Å². The number of rotatable bonds is 22. The van der Waals surface area contributed by atoms with E-state index in [2.05, 4.69) is 27.7 Å². The summed E-state index contributed by atoms with van der Waals surface area (Å²) in [5, 5.41) is 0. The zero-order chi connectivity index (χ0) is 20.9. The molecule has 1 heteroatoms. The Morgan fingerprint density at radius 1 is 0.500 bits per heavy atom. The Morgan fingerprint density at radius 3 is 1.21 bits per heavy atom. The van der Waals surface area contributed by atoms with Gasteiger partial charge in [0, 0.05) is 6.04 Å². The summed E-state index contributed by atoms with van der Waals surface area (Å²) in [5.74, 6) is 0. The molecule has 0 aromatic carbocycles. The topological polar surface area (TPSA) is 26.0 Å². The lowest BCUT2D eigenvalue weighted by atomic mass is 9.69. The van der Waals surface area contributed by atoms with Crippen LogP contribution in [0, 0.1) is 5.41 Å². The number of hydrogen-bond donors (Lipinski definition) is 1. The standard InChI is InChI=1S/C27H57N/c1-5-9-12-13-14-15-16-17-18-19-20-21-22-23-26(28)27(8-4,24-10-6-2)25-11-7-3/h26H,5-25,28H2,1-4H3. The highest BCUT2D eigenvalue weighted by Crippen LogP contribution is 2.39. The highest BCUT2D eigenvalue weighted by Gasteiger charge is 2.33. The molecule has 170 valence electrons. The molecule has 0 aliphatic heterocycles. The smallest absolute Gasteiger partial charge is 0.00954 e. The fourth-order valence-corrected chi connectivity index (χ4v) is 4.86. The van der Waals surface area contributed by atoms with Crippen molar-refractivity contribution >= 4 is 0 Å². The molecule has 0 heterocycles. The molecule has 0 rings (SSSR count). The van der Waals surface area contributed by atoms with Crippen molar-refractivity contribution in [2.45, 2.75) is 169 Å². The molecule has 28 heavy (non-hydrogen) atoms. The van der Waals surface area contributed by atoms with E-state index >= 15 is 0 Å². The van der Waals surface area contributed by atoms with E-state index in [9.17, 15) is 0 Å². The lowest BCUT2D eigenvalue weighted by Gasteiger charge is -2.39. The Balaban J connectivity index is 3.77. The Kier molecular flexibility index (Phi) is 20.2. The first-order valence-electron chi connectivity index (χ1n) is 13.4. The predicted molar refractivity (Wildman–Crippen MR) is 130 cm³/mol. The first kappa shape index (κ1) is 28.0. The van der Waals surface area contributed by atoms with Crippen molar-refractivity contribution in [3.05, 3.63) is 0 Å². The Labute approximate surface area is 180 Å². The lowest BCUT2D eigenvalue weighted by molar-refractivity contribution is 0.156. The van der Waals surface area contributed by atoms with E-state index in [1.807, 2.05) is 0 Å². The molecule has 0 aromatic heterocycles. The van der Waals surface area contributed by atoms with Gasteiger partial charge in [0.2, 0.25) is 0 Å². The van der Waals surface area contributed by atoms with Crippen LogP contribution < -0.4 is 5.73 Å². The Bertz CT molecular complexity index is 291. The SMILES string of the molecule is CCCCCCCCCCCCCCCC(N)C(CC)(CCCC)CCCC. The number of unbranched alkanes of at least 4 members (excludes halogenated alkanes) is 14. The third kappa shape index (κ3) is 14.0. The summed E-state index contributed by atoms with van der Waals surface area (Å²) >= 11 is 0. The zero-order valence-electron chi connectivity index (χ0n) is 20.5. The van der Waals surface area contributed by atoms with Gasteiger partial charge in [-0.1, -0.05) is 137 Å². The van der Waals surface area contributed by atoms with Gasteiger partial charge < -0.3 is 5.73 Å². The summed E-state index contributed by atoms with van der Waals surface area (Å²) in [6.45, 7) is 9.32. The van der Waals surface area contributed by atoms with Crippen molar-refractivity contribution in [3.63, 3.8) is 0 Å². The van der Waals surface area contributed by atoms with Crippen molar-refractivity contribution in [2.24, 2.45) is 11.1 Å². The average molecular weight is 396 g/mol. The maximum Gasteiger partial charge on any atom is 0.00954 e. The van der Waals surface area contributed by atoms with Gasteiger partial charge in [0.1, 0.15) is 0 Å². The van der Waals surface area contributed by atoms with Crippen molar-refractivity contribution < 1.29 is 0 Å². The van der Waals surface area contributed by atoms with E-state index in [0.717, 1.165) is 0 Å².